The predicted molar refractivity (Wildman–Crippen MR) is 66.5 cm³/mol. The fourth-order valence-corrected chi connectivity index (χ4v) is 2.46. The summed E-state index contributed by atoms with van der Waals surface area (Å²) in [5.74, 6) is 0.197. The summed E-state index contributed by atoms with van der Waals surface area (Å²) in [5, 5.41) is 33.6. The van der Waals surface area contributed by atoms with E-state index in [1.54, 1.807) is 0 Å². The standard InChI is InChI=1S/C11H15N5O4/c1-11(19)7(18)6(3-17)20-8(11)5-2-13-10-9(12)14-4-15-16(5)10/h2,4,6-8,17-19H,3H2,1H3,(H2,12,14,15). The Morgan fingerprint density at radius 2 is 2.25 bits per heavy atom. The van der Waals surface area contributed by atoms with E-state index in [1.807, 2.05) is 0 Å². The van der Waals surface area contributed by atoms with E-state index in [1.165, 1.54) is 24.0 Å². The van der Waals surface area contributed by atoms with Crippen molar-refractivity contribution < 1.29 is 20.1 Å². The second-order valence-corrected chi connectivity index (χ2v) is 4.97. The minimum Gasteiger partial charge on any atom is -0.394 e. The molecule has 108 valence electrons. The minimum absolute atomic E-state index is 0.197. The van der Waals surface area contributed by atoms with Crippen LogP contribution in [0, 0.1) is 0 Å². The van der Waals surface area contributed by atoms with Gasteiger partial charge in [-0.3, -0.25) is 0 Å². The van der Waals surface area contributed by atoms with E-state index in [0.29, 0.717) is 11.3 Å². The van der Waals surface area contributed by atoms with Gasteiger partial charge in [-0.25, -0.2) is 14.5 Å². The lowest BCUT2D eigenvalue weighted by Gasteiger charge is -2.25. The highest BCUT2D eigenvalue weighted by Crippen LogP contribution is 2.41. The number of nitrogen functional groups attached to an aromatic ring is 1. The fourth-order valence-electron chi connectivity index (χ4n) is 2.46. The Labute approximate surface area is 113 Å². The van der Waals surface area contributed by atoms with Crippen LogP contribution in [-0.2, 0) is 4.74 Å². The third kappa shape index (κ3) is 1.68. The monoisotopic (exact) mass is 281 g/mol. The number of ether oxygens (including phenoxy) is 1. The normalized spacial score (nSPS) is 33.9. The summed E-state index contributed by atoms with van der Waals surface area (Å²) >= 11 is 0. The van der Waals surface area contributed by atoms with Crippen LogP contribution in [-0.4, -0.2) is 59.3 Å². The highest BCUT2D eigenvalue weighted by atomic mass is 16.6. The topological polar surface area (TPSA) is 139 Å². The van der Waals surface area contributed by atoms with E-state index in [9.17, 15) is 15.3 Å². The van der Waals surface area contributed by atoms with Crippen LogP contribution in [0.4, 0.5) is 5.82 Å². The van der Waals surface area contributed by atoms with Gasteiger partial charge in [0, 0.05) is 0 Å². The quantitative estimate of drug-likeness (QED) is 0.508. The van der Waals surface area contributed by atoms with Crippen LogP contribution in [0.2, 0.25) is 0 Å². The molecule has 20 heavy (non-hydrogen) atoms. The van der Waals surface area contributed by atoms with Gasteiger partial charge in [0.25, 0.3) is 0 Å². The molecule has 0 bridgehead atoms. The SMILES string of the molecule is CC1(O)C(c2cnc3c(N)ncnn23)OC(CO)C1O. The van der Waals surface area contributed by atoms with Crippen molar-refractivity contribution in [1.29, 1.82) is 0 Å². The lowest BCUT2D eigenvalue weighted by molar-refractivity contribution is -0.0665. The molecule has 4 unspecified atom stereocenters. The van der Waals surface area contributed by atoms with Crippen molar-refractivity contribution in [3.63, 3.8) is 0 Å². The van der Waals surface area contributed by atoms with Crippen LogP contribution < -0.4 is 5.73 Å². The number of rotatable bonds is 2. The zero-order valence-electron chi connectivity index (χ0n) is 10.7. The number of aliphatic hydroxyl groups is 3. The Balaban J connectivity index is 2.10. The summed E-state index contributed by atoms with van der Waals surface area (Å²) in [6.45, 7) is 1.03. The van der Waals surface area contributed by atoms with Gasteiger partial charge in [0.15, 0.2) is 11.5 Å². The van der Waals surface area contributed by atoms with Gasteiger partial charge in [-0.1, -0.05) is 0 Å². The number of fused-ring (bicyclic) bond motifs is 1. The van der Waals surface area contributed by atoms with Crippen LogP contribution in [0.3, 0.4) is 0 Å². The zero-order valence-corrected chi connectivity index (χ0v) is 10.7. The van der Waals surface area contributed by atoms with Crippen molar-refractivity contribution in [2.24, 2.45) is 0 Å². The lowest BCUT2D eigenvalue weighted by atomic mass is 9.91. The molecule has 0 spiro atoms. The van der Waals surface area contributed by atoms with E-state index >= 15 is 0 Å². The zero-order chi connectivity index (χ0) is 14.5. The van der Waals surface area contributed by atoms with Gasteiger partial charge in [-0.2, -0.15) is 5.10 Å². The minimum atomic E-state index is -1.58. The third-order valence-corrected chi connectivity index (χ3v) is 3.60. The maximum absolute atomic E-state index is 10.4. The third-order valence-electron chi connectivity index (χ3n) is 3.60. The average Bonchev–Trinajstić information content (AvgIpc) is 2.92. The Hall–Kier alpha value is -1.81. The molecule has 0 saturated carbocycles. The molecule has 0 aliphatic carbocycles. The molecule has 1 fully saturated rings. The number of nitrogens with zero attached hydrogens (tertiary/aromatic N) is 4. The van der Waals surface area contributed by atoms with Crippen LogP contribution >= 0.6 is 0 Å². The molecule has 0 amide bonds. The van der Waals surface area contributed by atoms with E-state index in [4.69, 9.17) is 10.5 Å². The fraction of sp³-hybridized carbons (Fsp3) is 0.545. The van der Waals surface area contributed by atoms with Crippen molar-refractivity contribution in [3.8, 4) is 0 Å². The summed E-state index contributed by atoms with van der Waals surface area (Å²) in [4.78, 5) is 7.90. The first-order valence-electron chi connectivity index (χ1n) is 6.07. The molecule has 2 aromatic heterocycles. The van der Waals surface area contributed by atoms with Gasteiger partial charge in [-0.05, 0) is 6.92 Å². The summed E-state index contributed by atoms with van der Waals surface area (Å²) in [6.07, 6.45) is -0.274. The molecule has 1 aliphatic heterocycles. The van der Waals surface area contributed by atoms with Gasteiger partial charge in [0.2, 0.25) is 0 Å². The van der Waals surface area contributed by atoms with Crippen molar-refractivity contribution >= 4 is 11.5 Å². The molecule has 0 radical (unpaired) electrons. The molecular weight excluding hydrogens is 266 g/mol. The van der Waals surface area contributed by atoms with Crippen molar-refractivity contribution in [2.75, 3.05) is 12.3 Å². The van der Waals surface area contributed by atoms with Gasteiger partial charge >= 0.3 is 0 Å². The molecular formula is C11H15N5O4. The van der Waals surface area contributed by atoms with E-state index in [2.05, 4.69) is 15.1 Å². The first-order valence-corrected chi connectivity index (χ1v) is 6.07. The number of aromatic nitrogens is 4. The molecule has 4 atom stereocenters. The molecule has 2 aromatic rings. The first kappa shape index (κ1) is 13.2. The lowest BCUT2D eigenvalue weighted by Crippen LogP contribution is -2.43. The summed E-state index contributed by atoms with van der Waals surface area (Å²) in [7, 11) is 0. The summed E-state index contributed by atoms with van der Waals surface area (Å²) < 4.78 is 6.92. The molecule has 3 rings (SSSR count). The molecule has 5 N–H and O–H groups in total. The maximum atomic E-state index is 10.4. The van der Waals surface area contributed by atoms with Gasteiger partial charge in [0.1, 0.15) is 30.2 Å². The summed E-state index contributed by atoms with van der Waals surface area (Å²) in [6, 6.07) is 0. The van der Waals surface area contributed by atoms with Gasteiger partial charge in [0.05, 0.1) is 18.5 Å². The number of nitrogens with two attached hydrogens (primary N) is 1. The predicted octanol–water partition coefficient (Wildman–Crippen LogP) is -1.75. The van der Waals surface area contributed by atoms with E-state index in [-0.39, 0.29) is 5.82 Å². The second-order valence-electron chi connectivity index (χ2n) is 4.97. The Morgan fingerprint density at radius 3 is 2.90 bits per heavy atom. The highest BCUT2D eigenvalue weighted by Gasteiger charge is 2.53. The van der Waals surface area contributed by atoms with Crippen molar-refractivity contribution in [1.82, 2.24) is 19.6 Å². The Kier molecular flexibility index (Phi) is 2.87. The van der Waals surface area contributed by atoms with Crippen LogP contribution in [0.25, 0.3) is 5.65 Å². The number of hydrogen-bond acceptors (Lipinski definition) is 8. The number of aliphatic hydroxyl groups excluding tert-OH is 2. The Morgan fingerprint density at radius 1 is 1.50 bits per heavy atom. The highest BCUT2D eigenvalue weighted by molar-refractivity contribution is 5.58. The molecule has 1 saturated heterocycles. The number of hydrogen-bond donors (Lipinski definition) is 4. The van der Waals surface area contributed by atoms with Crippen LogP contribution in [0.15, 0.2) is 12.5 Å². The van der Waals surface area contributed by atoms with Crippen LogP contribution in [0.5, 0.6) is 0 Å². The number of anilines is 1. The first-order chi connectivity index (χ1) is 9.46. The van der Waals surface area contributed by atoms with Gasteiger partial charge in [-0.15, -0.1) is 0 Å². The van der Waals surface area contributed by atoms with Crippen molar-refractivity contribution in [3.05, 3.63) is 18.2 Å². The number of imidazole rings is 1. The van der Waals surface area contributed by atoms with Crippen LogP contribution in [0.1, 0.15) is 18.7 Å². The summed E-state index contributed by atoms with van der Waals surface area (Å²) in [5.41, 5.74) is 4.87. The van der Waals surface area contributed by atoms with Gasteiger partial charge < -0.3 is 25.8 Å². The molecule has 9 nitrogen and oxygen atoms in total. The maximum Gasteiger partial charge on any atom is 0.196 e. The average molecular weight is 281 g/mol. The Bertz CT molecular complexity index is 643. The van der Waals surface area contributed by atoms with E-state index in [0.717, 1.165) is 0 Å². The molecule has 3 heterocycles. The second kappa shape index (κ2) is 4.35. The van der Waals surface area contributed by atoms with Crippen molar-refractivity contribution in [2.45, 2.75) is 30.8 Å². The largest absolute Gasteiger partial charge is 0.394 e. The molecule has 9 heteroatoms. The van der Waals surface area contributed by atoms with E-state index < -0.39 is 30.5 Å². The molecule has 0 aromatic carbocycles. The molecule has 1 aliphatic rings. The smallest absolute Gasteiger partial charge is 0.196 e.